The van der Waals surface area contributed by atoms with Gasteiger partial charge in [-0.05, 0) is 35.1 Å². The fraction of sp³-hybridized carbons (Fsp3) is 0.333. The molecule has 2 rings (SSSR count). The summed E-state index contributed by atoms with van der Waals surface area (Å²) in [7, 11) is 0. The third-order valence-corrected chi connectivity index (χ3v) is 3.37. The number of rotatable bonds is 3. The first-order valence-corrected chi connectivity index (χ1v) is 7.26. The highest BCUT2D eigenvalue weighted by molar-refractivity contribution is 6.30. The summed E-state index contributed by atoms with van der Waals surface area (Å²) in [6.45, 7) is 8.53. The van der Waals surface area contributed by atoms with Crippen LogP contribution >= 0.6 is 11.6 Å². The van der Waals surface area contributed by atoms with Crippen molar-refractivity contribution in [3.8, 4) is 0 Å². The fourth-order valence-corrected chi connectivity index (χ4v) is 2.24. The molecule has 0 bridgehead atoms. The van der Waals surface area contributed by atoms with Gasteiger partial charge in [0.25, 0.3) is 0 Å². The van der Waals surface area contributed by atoms with Crippen LogP contribution in [0.3, 0.4) is 0 Å². The minimum Gasteiger partial charge on any atom is -0.0843 e. The van der Waals surface area contributed by atoms with Gasteiger partial charge in [-0.1, -0.05) is 81.8 Å². The minimum atomic E-state index is 0.131. The summed E-state index contributed by atoms with van der Waals surface area (Å²) in [5.74, 6) is 0. The second-order valence-corrected chi connectivity index (χ2v) is 5.49. The Kier molecular flexibility index (Phi) is 6.11. The van der Waals surface area contributed by atoms with Crippen molar-refractivity contribution in [2.75, 3.05) is 0 Å². The highest BCUT2D eigenvalue weighted by atomic mass is 35.5. The van der Waals surface area contributed by atoms with E-state index in [4.69, 9.17) is 11.6 Å². The molecule has 2 aromatic rings. The number of hydrogen-bond donors (Lipinski definition) is 0. The Balaban J connectivity index is 0.000000861. The summed E-state index contributed by atoms with van der Waals surface area (Å²) in [6.07, 6.45) is 1.04. The Hall–Kier alpha value is -1.27. The zero-order chi connectivity index (χ0) is 14.3. The second-order valence-electron chi connectivity index (χ2n) is 5.05. The van der Waals surface area contributed by atoms with E-state index < -0.39 is 0 Å². The van der Waals surface area contributed by atoms with Gasteiger partial charge in [0.2, 0.25) is 0 Å². The van der Waals surface area contributed by atoms with Crippen molar-refractivity contribution in [1.82, 2.24) is 0 Å². The molecule has 0 amide bonds. The molecule has 0 saturated heterocycles. The Labute approximate surface area is 122 Å². The van der Waals surface area contributed by atoms with Gasteiger partial charge in [-0.3, -0.25) is 0 Å². The standard InChI is InChI=1S/C16H17Cl.C2H6/c1-16(2,12-13-6-4-3-5-7-13)14-8-10-15(17)11-9-14;1-2/h3-11H,12H2,1-2H3;1-2H3. The quantitative estimate of drug-likeness (QED) is 0.655. The lowest BCUT2D eigenvalue weighted by Crippen LogP contribution is -2.20. The molecule has 0 nitrogen and oxygen atoms in total. The molecule has 0 aromatic heterocycles. The molecule has 0 fully saturated rings. The highest BCUT2D eigenvalue weighted by Crippen LogP contribution is 2.28. The summed E-state index contributed by atoms with van der Waals surface area (Å²) in [5.41, 5.74) is 2.82. The molecule has 0 unspecified atom stereocenters. The lowest BCUT2D eigenvalue weighted by atomic mass is 9.79. The topological polar surface area (TPSA) is 0 Å². The van der Waals surface area contributed by atoms with Crippen molar-refractivity contribution < 1.29 is 0 Å². The molecule has 0 spiro atoms. The average molecular weight is 275 g/mol. The Morgan fingerprint density at radius 1 is 0.842 bits per heavy atom. The SMILES string of the molecule is CC.CC(C)(Cc1ccccc1)c1ccc(Cl)cc1. The maximum atomic E-state index is 5.92. The fourth-order valence-electron chi connectivity index (χ4n) is 2.11. The maximum Gasteiger partial charge on any atom is 0.0406 e. The van der Waals surface area contributed by atoms with Crippen LogP contribution in [0, 0.1) is 0 Å². The molecule has 0 saturated carbocycles. The first-order valence-electron chi connectivity index (χ1n) is 6.88. The molecule has 0 aliphatic carbocycles. The van der Waals surface area contributed by atoms with E-state index >= 15 is 0 Å². The van der Waals surface area contributed by atoms with Crippen LogP contribution in [0.4, 0.5) is 0 Å². The zero-order valence-corrected chi connectivity index (χ0v) is 13.0. The Morgan fingerprint density at radius 2 is 1.37 bits per heavy atom. The van der Waals surface area contributed by atoms with E-state index in [1.54, 1.807) is 0 Å². The summed E-state index contributed by atoms with van der Waals surface area (Å²) in [4.78, 5) is 0. The van der Waals surface area contributed by atoms with Gasteiger partial charge < -0.3 is 0 Å². The van der Waals surface area contributed by atoms with E-state index in [2.05, 4.69) is 56.3 Å². The van der Waals surface area contributed by atoms with Crippen molar-refractivity contribution in [3.63, 3.8) is 0 Å². The Bertz CT molecular complexity index is 469. The van der Waals surface area contributed by atoms with Crippen molar-refractivity contribution in [2.45, 2.75) is 39.5 Å². The van der Waals surface area contributed by atoms with Crippen molar-refractivity contribution >= 4 is 11.6 Å². The van der Waals surface area contributed by atoms with Crippen LogP contribution in [0.25, 0.3) is 0 Å². The van der Waals surface area contributed by atoms with E-state index in [1.165, 1.54) is 11.1 Å². The van der Waals surface area contributed by atoms with E-state index in [9.17, 15) is 0 Å². The molecule has 0 aliphatic rings. The Morgan fingerprint density at radius 3 is 1.89 bits per heavy atom. The monoisotopic (exact) mass is 274 g/mol. The van der Waals surface area contributed by atoms with Crippen LogP contribution in [-0.2, 0) is 11.8 Å². The molecule has 0 radical (unpaired) electrons. The van der Waals surface area contributed by atoms with Crippen molar-refractivity contribution in [3.05, 3.63) is 70.7 Å². The second kappa shape index (κ2) is 7.35. The lowest BCUT2D eigenvalue weighted by Gasteiger charge is -2.25. The maximum absolute atomic E-state index is 5.92. The van der Waals surface area contributed by atoms with E-state index in [-0.39, 0.29) is 5.41 Å². The van der Waals surface area contributed by atoms with Crippen LogP contribution in [0.1, 0.15) is 38.8 Å². The lowest BCUT2D eigenvalue weighted by molar-refractivity contribution is 0.522. The molecular weight excluding hydrogens is 252 g/mol. The minimum absolute atomic E-state index is 0.131. The largest absolute Gasteiger partial charge is 0.0843 e. The van der Waals surface area contributed by atoms with Crippen LogP contribution in [-0.4, -0.2) is 0 Å². The van der Waals surface area contributed by atoms with E-state index in [1.807, 2.05) is 26.0 Å². The molecule has 19 heavy (non-hydrogen) atoms. The van der Waals surface area contributed by atoms with Gasteiger partial charge in [0, 0.05) is 5.02 Å². The normalized spacial score (nSPS) is 10.6. The van der Waals surface area contributed by atoms with Crippen LogP contribution in [0.5, 0.6) is 0 Å². The zero-order valence-electron chi connectivity index (χ0n) is 12.3. The van der Waals surface area contributed by atoms with Gasteiger partial charge in [0.15, 0.2) is 0 Å². The van der Waals surface area contributed by atoms with E-state index in [0.717, 1.165) is 11.4 Å². The molecule has 0 N–H and O–H groups in total. The van der Waals surface area contributed by atoms with Gasteiger partial charge in [-0.25, -0.2) is 0 Å². The summed E-state index contributed by atoms with van der Waals surface area (Å²) < 4.78 is 0. The van der Waals surface area contributed by atoms with Gasteiger partial charge in [-0.15, -0.1) is 0 Å². The summed E-state index contributed by atoms with van der Waals surface area (Å²) >= 11 is 5.92. The first-order chi connectivity index (χ1) is 9.08. The number of hydrogen-bond acceptors (Lipinski definition) is 0. The highest BCUT2D eigenvalue weighted by Gasteiger charge is 2.20. The first kappa shape index (κ1) is 15.8. The van der Waals surface area contributed by atoms with Crippen LogP contribution in [0.15, 0.2) is 54.6 Å². The van der Waals surface area contributed by atoms with Gasteiger partial charge in [0.1, 0.15) is 0 Å². The predicted molar refractivity (Wildman–Crippen MR) is 86.0 cm³/mol. The van der Waals surface area contributed by atoms with Crippen molar-refractivity contribution in [2.24, 2.45) is 0 Å². The summed E-state index contributed by atoms with van der Waals surface area (Å²) in [5, 5.41) is 0.796. The van der Waals surface area contributed by atoms with Gasteiger partial charge >= 0.3 is 0 Å². The molecule has 0 atom stereocenters. The number of halogens is 1. The molecule has 1 heteroatoms. The third kappa shape index (κ3) is 4.72. The third-order valence-electron chi connectivity index (χ3n) is 3.11. The predicted octanol–water partition coefficient (Wildman–Crippen LogP) is 5.89. The molecule has 2 aromatic carbocycles. The molecular formula is C18H23Cl. The van der Waals surface area contributed by atoms with Crippen LogP contribution < -0.4 is 0 Å². The van der Waals surface area contributed by atoms with E-state index in [0.29, 0.717) is 0 Å². The van der Waals surface area contributed by atoms with Crippen molar-refractivity contribution in [1.29, 1.82) is 0 Å². The average Bonchev–Trinajstić information content (AvgIpc) is 2.42. The molecule has 0 aliphatic heterocycles. The summed E-state index contributed by atoms with van der Waals surface area (Å²) in [6, 6.07) is 18.7. The van der Waals surface area contributed by atoms with Gasteiger partial charge in [-0.2, -0.15) is 0 Å². The van der Waals surface area contributed by atoms with Crippen LogP contribution in [0.2, 0.25) is 5.02 Å². The number of benzene rings is 2. The molecule has 0 heterocycles. The smallest absolute Gasteiger partial charge is 0.0406 e. The van der Waals surface area contributed by atoms with Gasteiger partial charge in [0.05, 0.1) is 0 Å². The molecule has 102 valence electrons.